The van der Waals surface area contributed by atoms with Gasteiger partial charge in [-0.2, -0.15) is 0 Å². The molecule has 0 saturated carbocycles. The second-order valence-corrected chi connectivity index (χ2v) is 7.30. The van der Waals surface area contributed by atoms with Gasteiger partial charge in [0.2, 0.25) is 0 Å². The van der Waals surface area contributed by atoms with Gasteiger partial charge in [-0.15, -0.1) is 11.3 Å². The summed E-state index contributed by atoms with van der Waals surface area (Å²) in [7, 11) is 0. The molecule has 0 fully saturated rings. The number of aromatic nitrogens is 1. The molecule has 1 amide bonds. The van der Waals surface area contributed by atoms with Gasteiger partial charge in [0.1, 0.15) is 22.2 Å². The lowest BCUT2D eigenvalue weighted by Gasteiger charge is -2.25. The second-order valence-electron chi connectivity index (χ2n) is 6.44. The number of hydrogen-bond acceptors (Lipinski definition) is 4. The lowest BCUT2D eigenvalue weighted by atomic mass is 10.2. The van der Waals surface area contributed by atoms with E-state index in [1.54, 1.807) is 4.90 Å². The van der Waals surface area contributed by atoms with Crippen LogP contribution in [0.25, 0.3) is 10.6 Å². The summed E-state index contributed by atoms with van der Waals surface area (Å²) in [5.74, 6) is 1.56. The fraction of sp³-hybridized carbons (Fsp3) is 0.300. The Morgan fingerprint density at radius 2 is 1.88 bits per heavy atom. The van der Waals surface area contributed by atoms with Gasteiger partial charge in [0.05, 0.1) is 6.54 Å². The Labute approximate surface area is 152 Å². The topological polar surface area (TPSA) is 46.3 Å². The first-order valence-corrected chi connectivity index (χ1v) is 9.21. The number of aryl methyl sites for hydroxylation is 2. The average Bonchev–Trinajstić information content (AvgIpc) is 3.22. The van der Waals surface area contributed by atoms with Crippen molar-refractivity contribution in [3.8, 4) is 10.6 Å². The number of rotatable bonds is 5. The Balaban J connectivity index is 1.81. The van der Waals surface area contributed by atoms with Crippen LogP contribution in [0.1, 0.15) is 41.4 Å². The number of carbonyl (C=O) groups is 1. The predicted octanol–water partition coefficient (Wildman–Crippen LogP) is 5.07. The van der Waals surface area contributed by atoms with Crippen LogP contribution in [0.5, 0.6) is 0 Å². The minimum absolute atomic E-state index is 0.0578. The van der Waals surface area contributed by atoms with Crippen LogP contribution in [-0.2, 0) is 6.54 Å². The van der Waals surface area contributed by atoms with Crippen molar-refractivity contribution in [3.63, 3.8) is 0 Å². The van der Waals surface area contributed by atoms with E-state index in [1.807, 2.05) is 50.4 Å². The number of hydrogen-bond donors (Lipinski definition) is 0. The van der Waals surface area contributed by atoms with Crippen molar-refractivity contribution in [3.05, 3.63) is 64.6 Å². The second kappa shape index (κ2) is 7.23. The van der Waals surface area contributed by atoms with Crippen molar-refractivity contribution in [2.45, 2.75) is 40.3 Å². The van der Waals surface area contributed by atoms with E-state index in [2.05, 4.69) is 24.0 Å². The molecule has 0 radical (unpaired) electrons. The summed E-state index contributed by atoms with van der Waals surface area (Å²) in [6, 6.07) is 12.1. The van der Waals surface area contributed by atoms with Gasteiger partial charge >= 0.3 is 0 Å². The molecule has 2 aromatic heterocycles. The molecule has 130 valence electrons. The van der Waals surface area contributed by atoms with Crippen LogP contribution in [0.3, 0.4) is 0 Å². The zero-order valence-electron chi connectivity index (χ0n) is 14.9. The van der Waals surface area contributed by atoms with Crippen molar-refractivity contribution < 1.29 is 9.21 Å². The summed E-state index contributed by atoms with van der Waals surface area (Å²) in [6.07, 6.45) is 0. The molecule has 0 unspecified atom stereocenters. The minimum Gasteiger partial charge on any atom is -0.464 e. The molecule has 0 aliphatic rings. The zero-order chi connectivity index (χ0) is 18.0. The zero-order valence-corrected chi connectivity index (χ0v) is 15.8. The maximum absolute atomic E-state index is 12.9. The Morgan fingerprint density at radius 1 is 1.16 bits per heavy atom. The Kier molecular flexibility index (Phi) is 5.04. The highest BCUT2D eigenvalue weighted by atomic mass is 32.1. The van der Waals surface area contributed by atoms with Gasteiger partial charge < -0.3 is 9.32 Å². The van der Waals surface area contributed by atoms with Gasteiger partial charge in [0.25, 0.3) is 5.91 Å². The van der Waals surface area contributed by atoms with E-state index in [0.717, 1.165) is 22.1 Å². The lowest BCUT2D eigenvalue weighted by Crippen LogP contribution is -2.36. The third-order valence-electron chi connectivity index (χ3n) is 4.03. The first-order chi connectivity index (χ1) is 11.9. The molecule has 0 saturated heterocycles. The molecule has 25 heavy (non-hydrogen) atoms. The third kappa shape index (κ3) is 3.99. The van der Waals surface area contributed by atoms with Crippen molar-refractivity contribution in [2.24, 2.45) is 0 Å². The molecule has 3 rings (SSSR count). The number of amides is 1. The molecule has 0 bridgehead atoms. The highest BCUT2D eigenvalue weighted by Crippen LogP contribution is 2.25. The molecular weight excluding hydrogens is 332 g/mol. The fourth-order valence-electron chi connectivity index (χ4n) is 2.57. The molecule has 0 spiro atoms. The molecule has 3 aromatic rings. The van der Waals surface area contributed by atoms with E-state index >= 15 is 0 Å². The van der Waals surface area contributed by atoms with Gasteiger partial charge in [-0.05, 0) is 39.8 Å². The van der Waals surface area contributed by atoms with E-state index in [-0.39, 0.29) is 11.9 Å². The van der Waals surface area contributed by atoms with E-state index in [4.69, 9.17) is 4.42 Å². The minimum atomic E-state index is -0.0707. The molecule has 4 nitrogen and oxygen atoms in total. The highest BCUT2D eigenvalue weighted by Gasteiger charge is 2.23. The first kappa shape index (κ1) is 17.4. The summed E-state index contributed by atoms with van der Waals surface area (Å²) < 4.78 is 5.62. The number of nitrogens with zero attached hydrogens (tertiary/aromatic N) is 2. The summed E-state index contributed by atoms with van der Waals surface area (Å²) in [4.78, 5) is 19.3. The van der Waals surface area contributed by atoms with Crippen LogP contribution >= 0.6 is 11.3 Å². The quantitative estimate of drug-likeness (QED) is 0.642. The van der Waals surface area contributed by atoms with Crippen molar-refractivity contribution >= 4 is 17.2 Å². The molecule has 0 atom stereocenters. The summed E-state index contributed by atoms with van der Waals surface area (Å²) in [5.41, 5.74) is 2.72. The standard InChI is InChI=1S/C20H22N2O2S/c1-13(2)22(11-17-10-7-15(4)24-17)20(23)18-12-25-19(21-18)16-8-5-14(3)6-9-16/h5-10,12-13H,11H2,1-4H3. The molecule has 2 heterocycles. The first-order valence-electron chi connectivity index (χ1n) is 8.33. The normalized spacial score (nSPS) is 11.1. The maximum atomic E-state index is 12.9. The summed E-state index contributed by atoms with van der Waals surface area (Å²) in [6.45, 7) is 8.40. The van der Waals surface area contributed by atoms with Crippen molar-refractivity contribution in [1.82, 2.24) is 9.88 Å². The van der Waals surface area contributed by atoms with Crippen LogP contribution in [0.15, 0.2) is 46.2 Å². The summed E-state index contributed by atoms with van der Waals surface area (Å²) in [5, 5.41) is 2.70. The van der Waals surface area contributed by atoms with E-state index in [0.29, 0.717) is 12.2 Å². The predicted molar refractivity (Wildman–Crippen MR) is 101 cm³/mol. The van der Waals surface area contributed by atoms with E-state index in [9.17, 15) is 4.79 Å². The SMILES string of the molecule is Cc1ccc(-c2nc(C(=O)N(Cc3ccc(C)o3)C(C)C)cs2)cc1. The largest absolute Gasteiger partial charge is 0.464 e. The Hall–Kier alpha value is -2.40. The molecular formula is C20H22N2O2S. The molecule has 0 N–H and O–H groups in total. The van der Waals surface area contributed by atoms with Gasteiger partial charge in [-0.25, -0.2) is 4.98 Å². The lowest BCUT2D eigenvalue weighted by molar-refractivity contribution is 0.0670. The molecule has 5 heteroatoms. The van der Waals surface area contributed by atoms with Crippen LogP contribution in [0.4, 0.5) is 0 Å². The maximum Gasteiger partial charge on any atom is 0.273 e. The molecule has 1 aromatic carbocycles. The highest BCUT2D eigenvalue weighted by molar-refractivity contribution is 7.13. The number of carbonyl (C=O) groups excluding carboxylic acids is 1. The fourth-order valence-corrected chi connectivity index (χ4v) is 3.37. The van der Waals surface area contributed by atoms with E-state index < -0.39 is 0 Å². The number of thiazole rings is 1. The van der Waals surface area contributed by atoms with Crippen LogP contribution in [0.2, 0.25) is 0 Å². The van der Waals surface area contributed by atoms with Gasteiger partial charge in [0.15, 0.2) is 0 Å². The Bertz CT molecular complexity index is 862. The van der Waals surface area contributed by atoms with Crippen molar-refractivity contribution in [1.29, 1.82) is 0 Å². The van der Waals surface area contributed by atoms with Crippen LogP contribution in [-0.4, -0.2) is 21.8 Å². The third-order valence-corrected chi connectivity index (χ3v) is 4.92. The van der Waals surface area contributed by atoms with Crippen LogP contribution in [0, 0.1) is 13.8 Å². The van der Waals surface area contributed by atoms with Gasteiger partial charge in [0, 0.05) is 17.0 Å². The Morgan fingerprint density at radius 3 is 2.48 bits per heavy atom. The molecule has 0 aliphatic heterocycles. The molecule has 0 aliphatic carbocycles. The van der Waals surface area contributed by atoms with Crippen LogP contribution < -0.4 is 0 Å². The number of furan rings is 1. The summed E-state index contributed by atoms with van der Waals surface area (Å²) >= 11 is 1.49. The average molecular weight is 354 g/mol. The smallest absolute Gasteiger partial charge is 0.273 e. The van der Waals surface area contributed by atoms with Gasteiger partial charge in [-0.3, -0.25) is 4.79 Å². The van der Waals surface area contributed by atoms with Gasteiger partial charge in [-0.1, -0.05) is 29.8 Å². The van der Waals surface area contributed by atoms with E-state index in [1.165, 1.54) is 16.9 Å². The number of benzene rings is 1. The van der Waals surface area contributed by atoms with Crippen molar-refractivity contribution in [2.75, 3.05) is 0 Å². The monoisotopic (exact) mass is 354 g/mol.